The standard InChI is InChI=1S/C13H18N4O/c1-3-6-10-9-12(16-15-10)14-13(18)11-7-5-8-17(11)4-2/h5,7-9H,3-4,6H2,1-2H3,(H2,14,15,16,18). The molecule has 0 unspecified atom stereocenters. The van der Waals surface area contributed by atoms with Crippen molar-refractivity contribution < 1.29 is 4.79 Å². The van der Waals surface area contributed by atoms with Crippen LogP contribution in [0.1, 0.15) is 36.5 Å². The lowest BCUT2D eigenvalue weighted by molar-refractivity contribution is 0.101. The van der Waals surface area contributed by atoms with Gasteiger partial charge in [-0.3, -0.25) is 9.89 Å². The third-order valence-corrected chi connectivity index (χ3v) is 2.79. The van der Waals surface area contributed by atoms with E-state index in [0.29, 0.717) is 11.5 Å². The molecule has 0 saturated heterocycles. The number of nitrogens with one attached hydrogen (secondary N) is 2. The quantitative estimate of drug-likeness (QED) is 0.851. The molecule has 2 aromatic rings. The van der Waals surface area contributed by atoms with Gasteiger partial charge in [0.2, 0.25) is 0 Å². The number of anilines is 1. The largest absolute Gasteiger partial charge is 0.344 e. The summed E-state index contributed by atoms with van der Waals surface area (Å²) in [6.07, 6.45) is 3.88. The minimum atomic E-state index is -0.128. The van der Waals surface area contributed by atoms with E-state index in [1.54, 1.807) is 6.07 Å². The van der Waals surface area contributed by atoms with Gasteiger partial charge < -0.3 is 9.88 Å². The van der Waals surface area contributed by atoms with Crippen LogP contribution in [-0.2, 0) is 13.0 Å². The molecule has 0 aromatic carbocycles. The second kappa shape index (κ2) is 5.53. The van der Waals surface area contributed by atoms with Crippen LogP contribution in [0.25, 0.3) is 0 Å². The summed E-state index contributed by atoms with van der Waals surface area (Å²) in [5.41, 5.74) is 1.69. The molecule has 5 heteroatoms. The zero-order valence-electron chi connectivity index (χ0n) is 10.7. The third-order valence-electron chi connectivity index (χ3n) is 2.79. The number of H-pyrrole nitrogens is 1. The fourth-order valence-electron chi connectivity index (χ4n) is 1.90. The number of carbonyl (C=O) groups excluding carboxylic acids is 1. The average Bonchev–Trinajstić information content (AvgIpc) is 2.98. The molecule has 0 aliphatic carbocycles. The van der Waals surface area contributed by atoms with Crippen molar-refractivity contribution in [3.05, 3.63) is 35.8 Å². The number of hydrogen-bond donors (Lipinski definition) is 2. The fraction of sp³-hybridized carbons (Fsp3) is 0.385. The fourth-order valence-corrected chi connectivity index (χ4v) is 1.90. The summed E-state index contributed by atoms with van der Waals surface area (Å²) in [5, 5.41) is 9.78. The molecule has 0 radical (unpaired) electrons. The van der Waals surface area contributed by atoms with E-state index in [9.17, 15) is 4.79 Å². The van der Waals surface area contributed by atoms with E-state index in [1.165, 1.54) is 0 Å². The lowest BCUT2D eigenvalue weighted by atomic mass is 10.2. The number of aromatic nitrogens is 3. The van der Waals surface area contributed by atoms with Crippen molar-refractivity contribution in [1.82, 2.24) is 14.8 Å². The van der Waals surface area contributed by atoms with Crippen molar-refractivity contribution in [2.75, 3.05) is 5.32 Å². The molecular weight excluding hydrogens is 228 g/mol. The van der Waals surface area contributed by atoms with E-state index >= 15 is 0 Å². The summed E-state index contributed by atoms with van der Waals surface area (Å²) in [4.78, 5) is 12.0. The number of rotatable bonds is 5. The molecule has 2 aromatic heterocycles. The first kappa shape index (κ1) is 12.4. The molecular formula is C13H18N4O. The maximum Gasteiger partial charge on any atom is 0.273 e. The summed E-state index contributed by atoms with van der Waals surface area (Å²) in [5.74, 6) is 0.448. The maximum absolute atomic E-state index is 12.0. The van der Waals surface area contributed by atoms with Crippen LogP contribution in [0.15, 0.2) is 24.4 Å². The Balaban J connectivity index is 2.06. The summed E-state index contributed by atoms with van der Waals surface area (Å²) < 4.78 is 1.90. The van der Waals surface area contributed by atoms with Crippen LogP contribution in [-0.4, -0.2) is 20.7 Å². The monoisotopic (exact) mass is 246 g/mol. The molecule has 2 N–H and O–H groups in total. The van der Waals surface area contributed by atoms with Crippen LogP contribution in [0, 0.1) is 0 Å². The number of aryl methyl sites for hydroxylation is 2. The van der Waals surface area contributed by atoms with Crippen LogP contribution in [0.4, 0.5) is 5.82 Å². The van der Waals surface area contributed by atoms with Gasteiger partial charge in [0, 0.05) is 24.5 Å². The Morgan fingerprint density at radius 2 is 2.33 bits per heavy atom. The molecule has 5 nitrogen and oxygen atoms in total. The lowest BCUT2D eigenvalue weighted by Crippen LogP contribution is -2.16. The SMILES string of the molecule is CCCc1cc(NC(=O)c2cccn2CC)n[nH]1. The second-order valence-corrected chi connectivity index (χ2v) is 4.16. The Labute approximate surface area is 106 Å². The van der Waals surface area contributed by atoms with Gasteiger partial charge in [-0.25, -0.2) is 0 Å². The van der Waals surface area contributed by atoms with Crippen molar-refractivity contribution in [2.45, 2.75) is 33.2 Å². The number of amides is 1. The van der Waals surface area contributed by atoms with Gasteiger partial charge in [0.1, 0.15) is 5.69 Å². The van der Waals surface area contributed by atoms with Gasteiger partial charge in [-0.05, 0) is 25.5 Å². The number of carbonyl (C=O) groups is 1. The third kappa shape index (κ3) is 2.61. The Bertz CT molecular complexity index is 527. The zero-order chi connectivity index (χ0) is 13.0. The zero-order valence-corrected chi connectivity index (χ0v) is 10.7. The van der Waals surface area contributed by atoms with E-state index in [0.717, 1.165) is 25.1 Å². The summed E-state index contributed by atoms with van der Waals surface area (Å²) >= 11 is 0. The van der Waals surface area contributed by atoms with Gasteiger partial charge in [0.15, 0.2) is 5.82 Å². The molecule has 0 bridgehead atoms. The molecule has 0 spiro atoms. The average molecular weight is 246 g/mol. The molecule has 1 amide bonds. The van der Waals surface area contributed by atoms with Crippen molar-refractivity contribution >= 4 is 11.7 Å². The van der Waals surface area contributed by atoms with Gasteiger partial charge in [-0.1, -0.05) is 13.3 Å². The van der Waals surface area contributed by atoms with Crippen LogP contribution in [0.3, 0.4) is 0 Å². The van der Waals surface area contributed by atoms with Crippen LogP contribution >= 0.6 is 0 Å². The van der Waals surface area contributed by atoms with E-state index in [2.05, 4.69) is 22.4 Å². The Kier molecular flexibility index (Phi) is 3.82. The van der Waals surface area contributed by atoms with Crippen LogP contribution in [0.5, 0.6) is 0 Å². The van der Waals surface area contributed by atoms with Gasteiger partial charge in [-0.15, -0.1) is 0 Å². The molecule has 0 aliphatic heterocycles. The topological polar surface area (TPSA) is 62.7 Å². The minimum Gasteiger partial charge on any atom is -0.344 e. The molecule has 0 aliphatic rings. The normalized spacial score (nSPS) is 10.6. The first-order valence-corrected chi connectivity index (χ1v) is 6.25. The van der Waals surface area contributed by atoms with Gasteiger partial charge >= 0.3 is 0 Å². The highest BCUT2D eigenvalue weighted by atomic mass is 16.2. The van der Waals surface area contributed by atoms with E-state index < -0.39 is 0 Å². The highest BCUT2D eigenvalue weighted by molar-refractivity contribution is 6.02. The molecule has 2 rings (SSSR count). The first-order valence-electron chi connectivity index (χ1n) is 6.25. The van der Waals surface area contributed by atoms with E-state index in [-0.39, 0.29) is 5.91 Å². The molecule has 0 saturated carbocycles. The predicted molar refractivity (Wildman–Crippen MR) is 70.6 cm³/mol. The number of aromatic amines is 1. The molecule has 0 fully saturated rings. The molecule has 0 atom stereocenters. The number of hydrogen-bond acceptors (Lipinski definition) is 2. The molecule has 2 heterocycles. The Hall–Kier alpha value is -2.04. The number of nitrogens with zero attached hydrogens (tertiary/aromatic N) is 2. The van der Waals surface area contributed by atoms with Crippen molar-refractivity contribution in [2.24, 2.45) is 0 Å². The van der Waals surface area contributed by atoms with Crippen molar-refractivity contribution in [3.63, 3.8) is 0 Å². The Morgan fingerprint density at radius 1 is 1.50 bits per heavy atom. The summed E-state index contributed by atoms with van der Waals surface area (Å²) in [7, 11) is 0. The van der Waals surface area contributed by atoms with Gasteiger partial charge in [0.25, 0.3) is 5.91 Å². The smallest absolute Gasteiger partial charge is 0.273 e. The highest BCUT2D eigenvalue weighted by Crippen LogP contribution is 2.10. The summed E-state index contributed by atoms with van der Waals surface area (Å²) in [6, 6.07) is 5.55. The first-order chi connectivity index (χ1) is 8.74. The van der Waals surface area contributed by atoms with E-state index in [4.69, 9.17) is 0 Å². The highest BCUT2D eigenvalue weighted by Gasteiger charge is 2.11. The van der Waals surface area contributed by atoms with Crippen LogP contribution < -0.4 is 5.32 Å². The van der Waals surface area contributed by atoms with Gasteiger partial charge in [0.05, 0.1) is 0 Å². The minimum absolute atomic E-state index is 0.128. The molecule has 18 heavy (non-hydrogen) atoms. The predicted octanol–water partition coefficient (Wildman–Crippen LogP) is 2.44. The van der Waals surface area contributed by atoms with Crippen LogP contribution in [0.2, 0.25) is 0 Å². The van der Waals surface area contributed by atoms with E-state index in [1.807, 2.05) is 29.8 Å². The lowest BCUT2D eigenvalue weighted by Gasteiger charge is -2.05. The summed E-state index contributed by atoms with van der Waals surface area (Å²) in [6.45, 7) is 4.88. The van der Waals surface area contributed by atoms with Gasteiger partial charge in [-0.2, -0.15) is 5.10 Å². The Morgan fingerprint density at radius 3 is 3.06 bits per heavy atom. The van der Waals surface area contributed by atoms with Crippen molar-refractivity contribution in [1.29, 1.82) is 0 Å². The molecule has 96 valence electrons. The second-order valence-electron chi connectivity index (χ2n) is 4.16. The van der Waals surface area contributed by atoms with Crippen molar-refractivity contribution in [3.8, 4) is 0 Å². The maximum atomic E-state index is 12.0.